The Labute approximate surface area is 118 Å². The third-order valence-electron chi connectivity index (χ3n) is 3.99. The fourth-order valence-corrected chi connectivity index (χ4v) is 3.50. The van der Waals surface area contributed by atoms with Gasteiger partial charge in [0.25, 0.3) is 0 Å². The molecule has 4 nitrogen and oxygen atoms in total. The van der Waals surface area contributed by atoms with Crippen LogP contribution >= 0.6 is 11.3 Å². The smallest absolute Gasteiger partial charge is 0.306 e. The Morgan fingerprint density at radius 3 is 2.95 bits per heavy atom. The zero-order valence-corrected chi connectivity index (χ0v) is 12.4. The maximum Gasteiger partial charge on any atom is 0.306 e. The zero-order chi connectivity index (χ0) is 13.8. The van der Waals surface area contributed by atoms with Gasteiger partial charge in [0.15, 0.2) is 0 Å². The van der Waals surface area contributed by atoms with E-state index < -0.39 is 5.97 Å². The van der Waals surface area contributed by atoms with E-state index in [0.29, 0.717) is 0 Å². The van der Waals surface area contributed by atoms with Crippen LogP contribution in [0.15, 0.2) is 5.38 Å². The third-order valence-corrected chi connectivity index (χ3v) is 4.78. The number of nitrogens with zero attached hydrogens (tertiary/aromatic N) is 1. The molecule has 0 radical (unpaired) electrons. The van der Waals surface area contributed by atoms with Crippen LogP contribution in [0.1, 0.15) is 49.4 Å². The van der Waals surface area contributed by atoms with Crippen LogP contribution in [0, 0.1) is 18.8 Å². The van der Waals surface area contributed by atoms with Gasteiger partial charge in [-0.05, 0) is 39.2 Å². The summed E-state index contributed by atoms with van der Waals surface area (Å²) in [5.74, 6) is -0.553. The zero-order valence-electron chi connectivity index (χ0n) is 11.6. The Morgan fingerprint density at radius 2 is 2.32 bits per heavy atom. The van der Waals surface area contributed by atoms with E-state index in [1.165, 1.54) is 0 Å². The first-order chi connectivity index (χ1) is 9.08. The number of aryl methyl sites for hydroxylation is 1. The van der Waals surface area contributed by atoms with E-state index in [9.17, 15) is 9.90 Å². The molecule has 3 unspecified atom stereocenters. The van der Waals surface area contributed by atoms with Gasteiger partial charge in [0.05, 0.1) is 16.6 Å². The van der Waals surface area contributed by atoms with Crippen molar-refractivity contribution < 1.29 is 9.90 Å². The minimum Gasteiger partial charge on any atom is -0.481 e. The third kappa shape index (κ3) is 3.76. The molecule has 2 rings (SSSR count). The van der Waals surface area contributed by atoms with E-state index in [1.54, 1.807) is 11.3 Å². The summed E-state index contributed by atoms with van der Waals surface area (Å²) in [6, 6.07) is 0.196. The first-order valence-corrected chi connectivity index (χ1v) is 7.84. The lowest BCUT2D eigenvalue weighted by atomic mass is 9.79. The van der Waals surface area contributed by atoms with Crippen LogP contribution in [0.5, 0.6) is 0 Å². The minimum atomic E-state index is -0.636. The predicted octanol–water partition coefficient (Wildman–Crippen LogP) is 2.99. The minimum absolute atomic E-state index is 0.175. The standard InChI is InChI=1S/C14H22N2O2S/c1-9(13-8-19-10(2)16-13)15-7-11-5-3-4-6-12(11)14(17)18/h8-9,11-12,15H,3-7H2,1-2H3,(H,17,18). The number of aromatic nitrogens is 1. The van der Waals surface area contributed by atoms with Crippen LogP contribution in [0.2, 0.25) is 0 Å². The highest BCUT2D eigenvalue weighted by atomic mass is 32.1. The predicted molar refractivity (Wildman–Crippen MR) is 76.4 cm³/mol. The lowest BCUT2D eigenvalue weighted by molar-refractivity contribution is -0.144. The number of hydrogen-bond donors (Lipinski definition) is 2. The largest absolute Gasteiger partial charge is 0.481 e. The lowest BCUT2D eigenvalue weighted by Crippen LogP contribution is -2.35. The van der Waals surface area contributed by atoms with E-state index in [1.807, 2.05) is 6.92 Å². The molecule has 1 aromatic rings. The molecule has 1 fully saturated rings. The van der Waals surface area contributed by atoms with Gasteiger partial charge >= 0.3 is 5.97 Å². The van der Waals surface area contributed by atoms with Crippen LogP contribution in [0.3, 0.4) is 0 Å². The molecule has 3 atom stereocenters. The lowest BCUT2D eigenvalue weighted by Gasteiger charge is -2.29. The van der Waals surface area contributed by atoms with Gasteiger partial charge in [-0.25, -0.2) is 4.98 Å². The first-order valence-electron chi connectivity index (χ1n) is 6.96. The van der Waals surface area contributed by atoms with Crippen LogP contribution in [0.4, 0.5) is 0 Å². The van der Waals surface area contributed by atoms with E-state index in [0.717, 1.165) is 42.9 Å². The average Bonchev–Trinajstić information content (AvgIpc) is 2.83. The molecule has 1 aliphatic rings. The molecular weight excluding hydrogens is 260 g/mol. The number of hydrogen-bond acceptors (Lipinski definition) is 4. The summed E-state index contributed by atoms with van der Waals surface area (Å²) in [7, 11) is 0. The molecule has 0 amide bonds. The highest BCUT2D eigenvalue weighted by molar-refractivity contribution is 7.09. The summed E-state index contributed by atoms with van der Waals surface area (Å²) in [5.41, 5.74) is 1.06. The van der Waals surface area contributed by atoms with Crippen molar-refractivity contribution in [2.45, 2.75) is 45.6 Å². The molecule has 1 heterocycles. The monoisotopic (exact) mass is 282 g/mol. The Hall–Kier alpha value is -0.940. The normalized spacial score (nSPS) is 25.2. The van der Waals surface area contributed by atoms with Gasteiger partial charge < -0.3 is 10.4 Å². The first kappa shape index (κ1) is 14.5. The average molecular weight is 282 g/mol. The van der Waals surface area contributed by atoms with Crippen LogP contribution in [0.25, 0.3) is 0 Å². The summed E-state index contributed by atoms with van der Waals surface area (Å²) in [6.07, 6.45) is 4.05. The van der Waals surface area contributed by atoms with Gasteiger partial charge in [-0.3, -0.25) is 4.79 Å². The molecule has 19 heavy (non-hydrogen) atoms. The number of rotatable bonds is 5. The topological polar surface area (TPSA) is 62.2 Å². The van der Waals surface area contributed by atoms with Gasteiger partial charge in [-0.15, -0.1) is 11.3 Å². The van der Waals surface area contributed by atoms with E-state index >= 15 is 0 Å². The van der Waals surface area contributed by atoms with Crippen molar-refractivity contribution in [1.82, 2.24) is 10.3 Å². The molecule has 0 saturated heterocycles. The molecule has 106 valence electrons. The van der Waals surface area contributed by atoms with Gasteiger partial charge in [0.1, 0.15) is 0 Å². The van der Waals surface area contributed by atoms with Gasteiger partial charge in [0, 0.05) is 11.4 Å². The van der Waals surface area contributed by atoms with Gasteiger partial charge in [0.2, 0.25) is 0 Å². The van der Waals surface area contributed by atoms with Crippen molar-refractivity contribution in [3.05, 3.63) is 16.1 Å². The van der Waals surface area contributed by atoms with E-state index in [4.69, 9.17) is 0 Å². The molecule has 0 spiro atoms. The summed E-state index contributed by atoms with van der Waals surface area (Å²) in [4.78, 5) is 15.7. The van der Waals surface area contributed by atoms with Crippen molar-refractivity contribution in [1.29, 1.82) is 0 Å². The summed E-state index contributed by atoms with van der Waals surface area (Å²) < 4.78 is 0. The Kier molecular flexibility index (Phi) is 4.93. The SMILES string of the molecule is Cc1nc(C(C)NCC2CCCCC2C(=O)O)cs1. The van der Waals surface area contributed by atoms with E-state index in [2.05, 4.69) is 22.6 Å². The van der Waals surface area contributed by atoms with Crippen LogP contribution in [-0.4, -0.2) is 22.6 Å². The molecule has 2 N–H and O–H groups in total. The van der Waals surface area contributed by atoms with Crippen molar-refractivity contribution in [3.63, 3.8) is 0 Å². The summed E-state index contributed by atoms with van der Waals surface area (Å²) >= 11 is 1.65. The van der Waals surface area contributed by atoms with Crippen molar-refractivity contribution in [3.8, 4) is 0 Å². The number of carbonyl (C=O) groups is 1. The van der Waals surface area contributed by atoms with E-state index in [-0.39, 0.29) is 17.9 Å². The second-order valence-corrected chi connectivity index (χ2v) is 6.47. The summed E-state index contributed by atoms with van der Waals surface area (Å²) in [5, 5.41) is 15.8. The Morgan fingerprint density at radius 1 is 1.58 bits per heavy atom. The quantitative estimate of drug-likeness (QED) is 0.871. The Bertz CT molecular complexity index is 433. The molecule has 5 heteroatoms. The number of carboxylic acids is 1. The van der Waals surface area contributed by atoms with Gasteiger partial charge in [-0.2, -0.15) is 0 Å². The fraction of sp³-hybridized carbons (Fsp3) is 0.714. The maximum absolute atomic E-state index is 11.2. The second-order valence-electron chi connectivity index (χ2n) is 5.41. The molecule has 1 aliphatic carbocycles. The summed E-state index contributed by atoms with van der Waals surface area (Å²) in [6.45, 7) is 4.87. The molecule has 0 aromatic carbocycles. The highest BCUT2D eigenvalue weighted by Crippen LogP contribution is 2.30. The molecule has 1 saturated carbocycles. The highest BCUT2D eigenvalue weighted by Gasteiger charge is 2.30. The number of thiazole rings is 1. The molecule has 0 bridgehead atoms. The van der Waals surface area contributed by atoms with Crippen LogP contribution in [-0.2, 0) is 4.79 Å². The van der Waals surface area contributed by atoms with Crippen molar-refractivity contribution >= 4 is 17.3 Å². The number of aliphatic carboxylic acids is 1. The van der Waals surface area contributed by atoms with Crippen molar-refractivity contribution in [2.24, 2.45) is 11.8 Å². The molecule has 1 aromatic heterocycles. The van der Waals surface area contributed by atoms with Crippen molar-refractivity contribution in [2.75, 3.05) is 6.54 Å². The van der Waals surface area contributed by atoms with Crippen LogP contribution < -0.4 is 5.32 Å². The number of carboxylic acid groups (broad SMARTS) is 1. The Balaban J connectivity index is 1.88. The second kappa shape index (κ2) is 6.48. The number of nitrogens with one attached hydrogen (secondary N) is 1. The van der Waals surface area contributed by atoms with Gasteiger partial charge in [-0.1, -0.05) is 12.8 Å². The molecular formula is C14H22N2O2S. The molecule has 0 aliphatic heterocycles. The maximum atomic E-state index is 11.2. The fourth-order valence-electron chi connectivity index (χ4n) is 2.79.